The first-order valence-electron chi connectivity index (χ1n) is 29.3. The van der Waals surface area contributed by atoms with Crippen molar-refractivity contribution in [3.63, 3.8) is 0 Å². The number of pyridine rings is 2. The molecule has 19 nitrogen and oxygen atoms in total. The fourth-order valence-corrected chi connectivity index (χ4v) is 12.1. The number of anilines is 10. The standard InChI is InChI=1S/C32H38N6O3.C23H22N4O4.C9H18N2.2CH4.ClH/c1-4-41-29-19-22(31(39)38-17-13-23(14-18-38)37-15-7-8-16-37)11-12-25(29)34-30-20-27-28(21-33-30)36(3)32(40)24-9-5-6-10-26(24)35(27)2;1-4-31-20-11-14(23(29)30)9-10-16(20)25-21-12-18-19(13-24-21)27(3)22(28)15-7-5-6-8-17(15)26(18)2;1-2-8-11(7-1)9-3-5-10-6-4-9;;;/h5-6,9-12,19-21,23H,4,7-8,13-18H2,1-3H3,(H,33,34);5-13H,4H2,1-3H3,(H,24,25)(H,29,30);9-10H,1-8H2;2*1H4;1H. The second-order valence-corrected chi connectivity index (χ2v) is 21.8. The van der Waals surface area contributed by atoms with Crippen LogP contribution < -0.4 is 45.0 Å². The highest BCUT2D eigenvalue weighted by Crippen LogP contribution is 2.43. The van der Waals surface area contributed by atoms with Crippen LogP contribution in [-0.2, 0) is 0 Å². The van der Waals surface area contributed by atoms with Gasteiger partial charge in [0.05, 0.1) is 87.8 Å². The molecule has 0 spiro atoms. The van der Waals surface area contributed by atoms with Crippen molar-refractivity contribution in [2.24, 2.45) is 0 Å². The maximum atomic E-state index is 13.4. The highest BCUT2D eigenvalue weighted by atomic mass is 35.5. The molecule has 6 aliphatic rings. The number of nitrogens with one attached hydrogen (secondary N) is 3. The number of para-hydroxylation sites is 2. The molecule has 0 saturated carbocycles. The molecule has 460 valence electrons. The molecule has 8 heterocycles. The molecule has 0 unspecified atom stereocenters. The zero-order chi connectivity index (χ0) is 58.1. The van der Waals surface area contributed by atoms with E-state index in [-0.39, 0.29) is 50.5 Å². The highest BCUT2D eigenvalue weighted by molar-refractivity contribution is 6.14. The van der Waals surface area contributed by atoms with Gasteiger partial charge in [0, 0.05) is 71.1 Å². The zero-order valence-electron chi connectivity index (χ0n) is 49.1. The average Bonchev–Trinajstić information content (AvgIpc) is 1.87. The minimum Gasteiger partial charge on any atom is -0.492 e. The van der Waals surface area contributed by atoms with Gasteiger partial charge in [0.15, 0.2) is 0 Å². The summed E-state index contributed by atoms with van der Waals surface area (Å²) in [7, 11) is 7.35. The van der Waals surface area contributed by atoms with E-state index in [4.69, 9.17) is 9.47 Å². The van der Waals surface area contributed by atoms with E-state index in [1.165, 1.54) is 89.9 Å². The Kier molecular flexibility index (Phi) is 22.8. The van der Waals surface area contributed by atoms with Crippen LogP contribution in [-0.4, -0.2) is 159 Å². The van der Waals surface area contributed by atoms with Gasteiger partial charge in [0.2, 0.25) is 0 Å². The molecule has 3 amide bonds. The number of carbonyl (C=O) groups excluding carboxylic acids is 3. The lowest BCUT2D eigenvalue weighted by Gasteiger charge is -2.36. The number of ether oxygens (including phenoxy) is 2. The van der Waals surface area contributed by atoms with Crippen LogP contribution in [0.1, 0.15) is 121 Å². The third-order valence-electron chi connectivity index (χ3n) is 16.7. The normalized spacial score (nSPS) is 16.8. The summed E-state index contributed by atoms with van der Waals surface area (Å²) >= 11 is 0. The SMILES string of the molecule is C.C.C1CCN(C2CCNCC2)C1.CCOc1cc(C(=O)N2CCC(N3CCCC3)CC2)ccc1Nc1cc2c(cn1)N(C)C(=O)c1ccccc1N2C.CCOc1cc(C(=O)O)ccc1Nc1cc2c(cn1)N(C)C(=O)c1ccccc1N2C.Cl. The first-order chi connectivity index (χ1) is 40.3. The van der Waals surface area contributed by atoms with E-state index in [0.717, 1.165) is 66.1 Å². The number of nitrogens with zero attached hydrogens (tertiary/aromatic N) is 9. The first kappa shape index (κ1) is 65.6. The van der Waals surface area contributed by atoms with Crippen LogP contribution in [0.3, 0.4) is 0 Å². The molecule has 0 aliphatic carbocycles. The number of piperidine rings is 2. The fourth-order valence-electron chi connectivity index (χ4n) is 12.1. The number of benzene rings is 4. The van der Waals surface area contributed by atoms with E-state index in [2.05, 4.69) is 35.7 Å². The molecule has 4 N–H and O–H groups in total. The third-order valence-corrected chi connectivity index (χ3v) is 16.7. The fraction of sp³-hybridized carbons (Fsp3) is 0.424. The van der Waals surface area contributed by atoms with Crippen molar-refractivity contribution < 1.29 is 33.8 Å². The Labute approximate surface area is 514 Å². The van der Waals surface area contributed by atoms with Crippen molar-refractivity contribution in [2.75, 3.05) is 124 Å². The van der Waals surface area contributed by atoms with Crippen molar-refractivity contribution in [3.05, 3.63) is 132 Å². The van der Waals surface area contributed by atoms with E-state index in [1.54, 1.807) is 42.4 Å². The average molecular weight is 1200 g/mol. The molecule has 6 aliphatic heterocycles. The van der Waals surface area contributed by atoms with E-state index >= 15 is 0 Å². The number of hydrogen-bond donors (Lipinski definition) is 4. The van der Waals surface area contributed by atoms with E-state index < -0.39 is 5.97 Å². The molecule has 0 atom stereocenters. The largest absolute Gasteiger partial charge is 0.492 e. The maximum Gasteiger partial charge on any atom is 0.335 e. The van der Waals surface area contributed by atoms with Crippen LogP contribution in [0.4, 0.5) is 57.1 Å². The van der Waals surface area contributed by atoms with Gasteiger partial charge in [-0.1, -0.05) is 39.1 Å². The molecule has 20 heteroatoms. The lowest BCUT2D eigenvalue weighted by Crippen LogP contribution is -2.45. The van der Waals surface area contributed by atoms with Crippen LogP contribution in [0.2, 0.25) is 0 Å². The molecular weight excluding hydrogens is 1110 g/mol. The lowest BCUT2D eigenvalue weighted by atomic mass is 10.0. The number of amides is 3. The number of halogens is 1. The van der Waals surface area contributed by atoms with E-state index in [9.17, 15) is 24.3 Å². The summed E-state index contributed by atoms with van der Waals surface area (Å²) in [5, 5.41) is 19.2. The predicted molar refractivity (Wildman–Crippen MR) is 349 cm³/mol. The van der Waals surface area contributed by atoms with Gasteiger partial charge in [-0.05, 0) is 165 Å². The summed E-state index contributed by atoms with van der Waals surface area (Å²) in [6.45, 7) is 13.8. The van der Waals surface area contributed by atoms with Gasteiger partial charge in [0.25, 0.3) is 17.7 Å². The number of aromatic carboxylic acids is 1. The Morgan fingerprint density at radius 3 is 1.41 bits per heavy atom. The van der Waals surface area contributed by atoms with Crippen LogP contribution in [0.15, 0.2) is 109 Å². The number of carboxylic acid groups (broad SMARTS) is 1. The second kappa shape index (κ2) is 29.9. The summed E-state index contributed by atoms with van der Waals surface area (Å²) in [5.74, 6) is 1.02. The van der Waals surface area contributed by atoms with Gasteiger partial charge in [-0.25, -0.2) is 14.8 Å². The molecule has 4 saturated heterocycles. The van der Waals surface area contributed by atoms with Gasteiger partial charge in [-0.3, -0.25) is 14.4 Å². The monoisotopic (exact) mass is 1190 g/mol. The predicted octanol–water partition coefficient (Wildman–Crippen LogP) is 12.1. The molecule has 86 heavy (non-hydrogen) atoms. The Morgan fingerprint density at radius 2 is 0.965 bits per heavy atom. The van der Waals surface area contributed by atoms with Crippen molar-refractivity contribution in [2.45, 2.75) is 92.2 Å². The molecule has 0 radical (unpaired) electrons. The van der Waals surface area contributed by atoms with E-state index in [0.29, 0.717) is 70.5 Å². The van der Waals surface area contributed by atoms with Crippen molar-refractivity contribution in [3.8, 4) is 11.5 Å². The third kappa shape index (κ3) is 14.5. The second-order valence-electron chi connectivity index (χ2n) is 21.8. The summed E-state index contributed by atoms with van der Waals surface area (Å²) in [4.78, 5) is 74.3. The van der Waals surface area contributed by atoms with Gasteiger partial charge < -0.3 is 64.8 Å². The summed E-state index contributed by atoms with van der Waals surface area (Å²) < 4.78 is 11.6. The minimum absolute atomic E-state index is 0. The number of hydrogen-bond acceptors (Lipinski definition) is 15. The van der Waals surface area contributed by atoms with Crippen molar-refractivity contribution >= 4 is 93.2 Å². The summed E-state index contributed by atoms with van der Waals surface area (Å²) in [5.41, 5.74) is 8.04. The number of likely N-dealkylation sites (tertiary alicyclic amines) is 3. The molecule has 12 rings (SSSR count). The minimum atomic E-state index is -1.02. The van der Waals surface area contributed by atoms with Gasteiger partial charge in [-0.2, -0.15) is 0 Å². The molecule has 4 aromatic carbocycles. The quantitative estimate of drug-likeness (QED) is 0.0904. The number of carboxylic acids is 1. The highest BCUT2D eigenvalue weighted by Gasteiger charge is 2.32. The lowest BCUT2D eigenvalue weighted by molar-refractivity contribution is 0.0642. The number of carbonyl (C=O) groups is 4. The summed E-state index contributed by atoms with van der Waals surface area (Å²) in [6.07, 6.45) is 13.6. The van der Waals surface area contributed by atoms with E-state index in [1.807, 2.05) is 122 Å². The first-order valence-corrected chi connectivity index (χ1v) is 29.3. The van der Waals surface area contributed by atoms with Gasteiger partial charge in [0.1, 0.15) is 23.1 Å². The van der Waals surface area contributed by atoms with Crippen LogP contribution >= 0.6 is 12.4 Å². The van der Waals surface area contributed by atoms with Gasteiger partial charge in [-0.15, -0.1) is 12.4 Å². The Bertz CT molecular complexity index is 3300. The smallest absolute Gasteiger partial charge is 0.335 e. The molecule has 6 aromatic rings. The van der Waals surface area contributed by atoms with Crippen molar-refractivity contribution in [1.29, 1.82) is 0 Å². The van der Waals surface area contributed by atoms with Crippen LogP contribution in [0, 0.1) is 0 Å². The number of rotatable bonds is 12. The Balaban J connectivity index is 0.000000207. The Hall–Kier alpha value is -7.97. The van der Waals surface area contributed by atoms with Gasteiger partial charge >= 0.3 is 5.97 Å². The molecule has 4 fully saturated rings. The molecule has 0 bridgehead atoms. The molecular formula is C66H87ClN12O7. The summed E-state index contributed by atoms with van der Waals surface area (Å²) in [6, 6.07) is 30.6. The number of fused-ring (bicyclic) bond motifs is 4. The maximum absolute atomic E-state index is 13.4. The van der Waals surface area contributed by atoms with Crippen LogP contribution in [0.25, 0.3) is 0 Å². The topological polar surface area (TPSA) is 192 Å². The number of aromatic nitrogens is 2. The zero-order valence-corrected chi connectivity index (χ0v) is 49.9. The Morgan fingerprint density at radius 1 is 0.547 bits per heavy atom. The molecule has 2 aromatic heterocycles. The van der Waals surface area contributed by atoms with Crippen LogP contribution in [0.5, 0.6) is 11.5 Å². The van der Waals surface area contributed by atoms with Crippen molar-refractivity contribution in [1.82, 2.24) is 30.0 Å².